The maximum absolute atomic E-state index is 12.6. The number of hydrogen-bond donors (Lipinski definition) is 7. The molecule has 5 saturated carbocycles. The van der Waals surface area contributed by atoms with Gasteiger partial charge in [-0.25, -0.2) is 24.9 Å². The van der Waals surface area contributed by atoms with Gasteiger partial charge in [0.2, 0.25) is 0 Å². The Labute approximate surface area is 673 Å². The zero-order chi connectivity index (χ0) is 82.6. The first-order valence-electron chi connectivity index (χ1n) is 38.6. The van der Waals surface area contributed by atoms with E-state index in [1.54, 1.807) is 99.0 Å². The lowest BCUT2D eigenvalue weighted by molar-refractivity contribution is -0.131. The molecule has 3 aromatic heterocycles. The number of hydrogen-bond acceptors (Lipinski definition) is 19. The number of aryl methyl sites for hydroxylation is 4. The van der Waals surface area contributed by atoms with Crippen molar-refractivity contribution in [2.75, 3.05) is 7.11 Å². The lowest BCUT2D eigenvalue weighted by Crippen LogP contribution is -2.35. The molecule has 5 fully saturated rings. The van der Waals surface area contributed by atoms with E-state index in [2.05, 4.69) is 5.48 Å². The number of hydroxylamine groups is 3. The second kappa shape index (κ2) is 40.7. The third kappa shape index (κ3) is 22.8. The molecule has 608 valence electrons. The fourth-order valence-electron chi connectivity index (χ4n) is 14.7. The number of methoxy groups -OCH3 is 1. The van der Waals surface area contributed by atoms with Crippen LogP contribution in [0.25, 0.3) is 44.2 Å². The Morgan fingerprint density at radius 2 is 1.02 bits per heavy atom. The molecule has 0 spiro atoms. The van der Waals surface area contributed by atoms with Gasteiger partial charge in [0.05, 0.1) is 63.2 Å². The number of amides is 1. The summed E-state index contributed by atoms with van der Waals surface area (Å²) in [5.41, 5.74) is 11.6. The number of nitrogens with one attached hydrogen (secondary N) is 1. The number of halogens is 2. The van der Waals surface area contributed by atoms with Gasteiger partial charge in [-0.2, -0.15) is 9.48 Å². The number of benzene rings is 8. The summed E-state index contributed by atoms with van der Waals surface area (Å²) in [6.45, 7) is 9.03. The summed E-state index contributed by atoms with van der Waals surface area (Å²) in [6, 6.07) is 44.3. The zero-order valence-electron chi connectivity index (χ0n) is 65.1. The number of rotatable bonds is 15. The largest absolute Gasteiger partial charge is 0.507 e. The van der Waals surface area contributed by atoms with Crippen LogP contribution in [0.2, 0.25) is 5.02 Å². The van der Waals surface area contributed by atoms with Gasteiger partial charge >= 0.3 is 23.7 Å². The van der Waals surface area contributed by atoms with Crippen molar-refractivity contribution in [1.82, 2.24) is 24.6 Å². The summed E-state index contributed by atoms with van der Waals surface area (Å²) in [5.74, 6) is -2.10. The lowest BCUT2D eigenvalue weighted by atomic mass is 10.0. The molecule has 1 amide bonds. The normalized spacial score (nSPS) is 14.8. The third-order valence-electron chi connectivity index (χ3n) is 20.8. The molecule has 0 saturated heterocycles. The Bertz CT molecular complexity index is 5410. The predicted molar refractivity (Wildman–Crippen MR) is 436 cm³/mol. The van der Waals surface area contributed by atoms with Gasteiger partial charge in [-0.3, -0.25) is 33.7 Å². The fraction of sp³-hybridized carbons (Fsp3) is 0.364. The third-order valence-corrected chi connectivity index (χ3v) is 21.3. The molecule has 0 atom stereocenters. The summed E-state index contributed by atoms with van der Waals surface area (Å²) in [6.07, 6.45) is 21.8. The smallest absolute Gasteiger partial charge is 0.420 e. The quantitative estimate of drug-likeness (QED) is 0.0165. The van der Waals surface area contributed by atoms with Gasteiger partial charge < -0.3 is 53.3 Å². The van der Waals surface area contributed by atoms with Crippen LogP contribution in [0.3, 0.4) is 0 Å². The van der Waals surface area contributed by atoms with Gasteiger partial charge in [-0.15, -0.1) is 0 Å². The van der Waals surface area contributed by atoms with Gasteiger partial charge in [0.25, 0.3) is 22.3 Å². The number of aromatic hydroxyl groups is 2. The van der Waals surface area contributed by atoms with Crippen LogP contribution >= 0.6 is 23.2 Å². The van der Waals surface area contributed by atoms with Crippen molar-refractivity contribution in [1.29, 1.82) is 0 Å². The summed E-state index contributed by atoms with van der Waals surface area (Å²) >= 11 is 11.3. The Hall–Kier alpha value is -11.2. The molecule has 16 rings (SSSR count). The van der Waals surface area contributed by atoms with Gasteiger partial charge in [0.15, 0.2) is 16.7 Å². The maximum atomic E-state index is 12.6. The lowest BCUT2D eigenvalue weighted by Gasteiger charge is -2.22. The predicted octanol–water partition coefficient (Wildman–Crippen LogP) is 19.1. The number of nitrogens with zero attached hydrogens (tertiary/aromatic N) is 4. The molecular formula is C88H97Cl2N5O20. The minimum atomic E-state index is -1.11. The van der Waals surface area contributed by atoms with Gasteiger partial charge in [0, 0.05) is 31.1 Å². The first kappa shape index (κ1) is 86.2. The highest BCUT2D eigenvalue weighted by Crippen LogP contribution is 2.36. The Kier molecular flexibility index (Phi) is 30.5. The van der Waals surface area contributed by atoms with Crippen molar-refractivity contribution in [2.24, 2.45) is 0 Å². The van der Waals surface area contributed by atoms with E-state index < -0.39 is 29.1 Å². The topological polar surface area (TPSA) is 355 Å². The van der Waals surface area contributed by atoms with Gasteiger partial charge in [-0.1, -0.05) is 124 Å². The number of carbonyl (C=O) groups excluding carboxylic acids is 3. The molecule has 27 heteroatoms. The molecule has 3 heterocycles. The first-order chi connectivity index (χ1) is 55.2. The number of aromatic carboxylic acids is 2. The van der Waals surface area contributed by atoms with Crippen molar-refractivity contribution < 1.29 is 82.5 Å². The Morgan fingerprint density at radius 1 is 0.530 bits per heavy atom. The van der Waals surface area contributed by atoms with E-state index in [4.69, 9.17) is 66.3 Å². The molecule has 0 bridgehead atoms. The molecule has 8 aromatic carbocycles. The van der Waals surface area contributed by atoms with E-state index in [1.807, 2.05) is 67.8 Å². The number of carbonyl (C=O) groups is 5. The monoisotopic (exact) mass is 1610 g/mol. The average molecular weight is 1620 g/mol. The molecule has 0 aliphatic heterocycles. The molecule has 25 nitrogen and oxygen atoms in total. The first-order valence-corrected chi connectivity index (χ1v) is 39.4. The highest BCUT2D eigenvalue weighted by Gasteiger charge is 2.29. The second-order valence-corrected chi connectivity index (χ2v) is 30.1. The number of phenolic OH excluding ortho intramolecular Hbond substituents is 1. The van der Waals surface area contributed by atoms with Crippen LogP contribution in [0.4, 0.5) is 0 Å². The van der Waals surface area contributed by atoms with Crippen molar-refractivity contribution >= 4 is 85.3 Å². The number of ether oxygens (including phenoxy) is 3. The zero-order valence-corrected chi connectivity index (χ0v) is 66.6. The number of fused-ring (bicyclic) bond motifs is 3. The van der Waals surface area contributed by atoms with Crippen molar-refractivity contribution in [3.05, 3.63) is 238 Å². The fourth-order valence-corrected chi connectivity index (χ4v) is 15.1. The van der Waals surface area contributed by atoms with E-state index in [-0.39, 0.29) is 79.5 Å². The van der Waals surface area contributed by atoms with E-state index in [1.165, 1.54) is 79.2 Å². The van der Waals surface area contributed by atoms with Crippen LogP contribution in [-0.4, -0.2) is 98.2 Å². The number of aromatic nitrogens is 3. The van der Waals surface area contributed by atoms with Crippen molar-refractivity contribution in [2.45, 2.75) is 200 Å². The number of carboxylic acid groups (broad SMARTS) is 2. The molecule has 0 radical (unpaired) electrons. The summed E-state index contributed by atoms with van der Waals surface area (Å²) < 4.78 is 37.6. The number of phenols is 2. The summed E-state index contributed by atoms with van der Waals surface area (Å²) in [4.78, 5) is 92.0. The average Bonchev–Trinajstić information content (AvgIpc) is 1.66. The number of oxazole rings is 1. The molecule has 5 aliphatic carbocycles. The number of esters is 1. The van der Waals surface area contributed by atoms with Crippen LogP contribution in [0.15, 0.2) is 180 Å². The van der Waals surface area contributed by atoms with Crippen LogP contribution in [-0.2, 0) is 11.4 Å². The van der Waals surface area contributed by atoms with E-state index in [9.17, 15) is 53.8 Å². The van der Waals surface area contributed by atoms with Gasteiger partial charge in [-0.05, 0) is 233 Å². The summed E-state index contributed by atoms with van der Waals surface area (Å²) in [5, 5.41) is 56.3. The van der Waals surface area contributed by atoms with Crippen LogP contribution < -0.4 is 36.6 Å². The Balaban J connectivity index is 0.000000149. The molecule has 0 unspecified atom stereocenters. The minimum Gasteiger partial charge on any atom is -0.507 e. The molecule has 7 N–H and O–H groups in total. The van der Waals surface area contributed by atoms with E-state index in [0.29, 0.717) is 52.1 Å². The minimum absolute atomic E-state index is 0.0189. The van der Waals surface area contributed by atoms with Crippen molar-refractivity contribution in [3.8, 4) is 39.9 Å². The van der Waals surface area contributed by atoms with E-state index >= 15 is 0 Å². The van der Waals surface area contributed by atoms with Crippen LogP contribution in [0.1, 0.15) is 223 Å². The van der Waals surface area contributed by atoms with Gasteiger partial charge in [0.1, 0.15) is 40.9 Å². The molecule has 115 heavy (non-hydrogen) atoms. The number of carboxylic acids is 2. The van der Waals surface area contributed by atoms with Crippen LogP contribution in [0, 0.1) is 27.7 Å². The maximum Gasteiger partial charge on any atom is 0.420 e. The van der Waals surface area contributed by atoms with Crippen molar-refractivity contribution in [3.63, 3.8) is 0 Å². The highest BCUT2D eigenvalue weighted by molar-refractivity contribution is 6.68. The van der Waals surface area contributed by atoms with E-state index in [0.717, 1.165) is 145 Å². The second-order valence-electron chi connectivity index (χ2n) is 29.4. The Morgan fingerprint density at radius 3 is 1.54 bits per heavy atom. The highest BCUT2D eigenvalue weighted by atomic mass is 35.5. The standard InChI is InChI=1S/C26H22ClNO5.C13H15NO3.C13H17NO3.C13H15NO2.C10H9ClO3.C8H8O3.C5H11NO/c27-23-11-8-18(13-22(23)26(30)31)17-5-3-4-16(12-17)15-32-20-9-10-21-24(14-20)33-28(25(21)29)19-6-1-2-7-19;1-16-10-6-7-11-12(8-10)17-14(13(11)15)9-4-2-3-5-9;1-9-6-7-11(12(15)8-9)13(16)14(17)10-4-2-3-5-10;1-9-6-7-11-12(8-9)16-13(15)14(11)10-4-2-3-5-10;1-6-3-4-8(10(11)13)9(5-6)14-7(2)12;1-5-2-3-6(8(10)11)7(9)4-5;7-6-5-3-1-2-4-5/h3-5,8-14,19H,1-2,6-7,15H2,(H,30,31);6-9H,2-5H2,1H3;6-8,10,15,17H,2-5H2,1H3;6-8,10H,2-5H2,1H3;3-5H,1-2H3;2-4,9H,1H3,(H,10,11);5-7H,1-4H2. The van der Waals surface area contributed by atoms with Crippen LogP contribution in [0.5, 0.6) is 28.7 Å². The summed E-state index contributed by atoms with van der Waals surface area (Å²) in [7, 11) is 1.60. The molecular weight excluding hydrogens is 1520 g/mol. The SMILES string of the molecule is CC(=O)Oc1cc(C)ccc1C(=O)Cl.COc1ccc2c(=O)n(C3CCCC3)oc2c1.Cc1ccc(C(=O)N(O)C2CCCC2)c(O)c1.Cc1ccc(C(=O)O)c(O)c1.Cc1ccc2c(c1)oc(=O)n2C1CCCC1.O=C(O)c1cc(-c2cccc(COc3ccc4c(=O)n(C5CCCC5)oc4c3)c2)ccc1Cl.ONC1CCCC1. The molecule has 11 aromatic rings. The molecule has 5 aliphatic rings.